The van der Waals surface area contributed by atoms with Crippen LogP contribution in [0.15, 0.2) is 18.2 Å². The molecule has 0 aromatic heterocycles. The van der Waals surface area contributed by atoms with Gasteiger partial charge in [-0.05, 0) is 18.2 Å². The normalized spacial score (nSPS) is 17.8. The maximum absolute atomic E-state index is 13.2. The summed E-state index contributed by atoms with van der Waals surface area (Å²) in [4.78, 5) is 13.4. The van der Waals surface area contributed by atoms with E-state index in [1.54, 1.807) is 0 Å². The molecule has 2 rings (SSSR count). The fraction of sp³-hybridized carbons (Fsp3) is 0.500. The standard InChI is InChI=1S/C14H16Cl2F3N3O/c15-9-1-2-11(16)10(7-9)13(23)21-8-12(14(17,18)19)22-5-3-20-4-6-22/h1-2,7,12,20H,3-6,8H2,(H,21,23). The maximum atomic E-state index is 13.2. The van der Waals surface area contributed by atoms with E-state index in [1.165, 1.54) is 23.1 Å². The third kappa shape index (κ3) is 4.97. The lowest BCUT2D eigenvalue weighted by Crippen LogP contribution is -2.57. The van der Waals surface area contributed by atoms with Gasteiger partial charge in [0, 0.05) is 37.7 Å². The van der Waals surface area contributed by atoms with Crippen LogP contribution in [-0.2, 0) is 0 Å². The van der Waals surface area contributed by atoms with Crippen molar-refractivity contribution in [3.05, 3.63) is 33.8 Å². The molecule has 1 saturated heterocycles. The molecule has 1 atom stereocenters. The van der Waals surface area contributed by atoms with Crippen molar-refractivity contribution in [1.82, 2.24) is 15.5 Å². The molecule has 0 radical (unpaired) electrons. The second kappa shape index (κ2) is 7.70. The summed E-state index contributed by atoms with van der Waals surface area (Å²) in [5.74, 6) is -0.679. The van der Waals surface area contributed by atoms with Crippen LogP contribution in [0.3, 0.4) is 0 Å². The molecular formula is C14H16Cl2F3N3O. The minimum atomic E-state index is -4.43. The summed E-state index contributed by atoms with van der Waals surface area (Å²) < 4.78 is 39.7. The lowest BCUT2D eigenvalue weighted by molar-refractivity contribution is -0.183. The molecule has 1 aliphatic rings. The van der Waals surface area contributed by atoms with Gasteiger partial charge in [0.25, 0.3) is 5.91 Å². The average molecular weight is 370 g/mol. The topological polar surface area (TPSA) is 44.4 Å². The van der Waals surface area contributed by atoms with Gasteiger partial charge in [-0.25, -0.2) is 0 Å². The Hall–Kier alpha value is -1.02. The molecule has 1 amide bonds. The van der Waals surface area contributed by atoms with Crippen molar-refractivity contribution in [2.45, 2.75) is 12.2 Å². The van der Waals surface area contributed by atoms with Crippen LogP contribution in [0, 0.1) is 0 Å². The van der Waals surface area contributed by atoms with E-state index < -0.39 is 24.7 Å². The number of hydrogen-bond acceptors (Lipinski definition) is 3. The van der Waals surface area contributed by atoms with E-state index in [4.69, 9.17) is 23.2 Å². The van der Waals surface area contributed by atoms with Crippen LogP contribution in [0.5, 0.6) is 0 Å². The number of amides is 1. The summed E-state index contributed by atoms with van der Waals surface area (Å²) in [6.45, 7) is 0.989. The van der Waals surface area contributed by atoms with Gasteiger partial charge in [-0.3, -0.25) is 9.69 Å². The van der Waals surface area contributed by atoms with E-state index in [1.807, 2.05) is 0 Å². The highest BCUT2D eigenvalue weighted by Gasteiger charge is 2.43. The third-order valence-corrected chi connectivity index (χ3v) is 4.16. The second-order valence-corrected chi connectivity index (χ2v) is 6.02. The molecule has 1 aromatic carbocycles. The molecule has 1 aromatic rings. The Balaban J connectivity index is 2.05. The third-order valence-electron chi connectivity index (χ3n) is 3.60. The van der Waals surface area contributed by atoms with Gasteiger partial charge >= 0.3 is 6.18 Å². The number of halogens is 5. The van der Waals surface area contributed by atoms with Crippen LogP contribution in [-0.4, -0.2) is 55.7 Å². The fourth-order valence-electron chi connectivity index (χ4n) is 2.40. The van der Waals surface area contributed by atoms with E-state index >= 15 is 0 Å². The summed E-state index contributed by atoms with van der Waals surface area (Å²) in [7, 11) is 0. The van der Waals surface area contributed by atoms with Crippen molar-refractivity contribution in [2.75, 3.05) is 32.7 Å². The molecule has 0 spiro atoms. The van der Waals surface area contributed by atoms with Gasteiger partial charge in [-0.15, -0.1) is 0 Å². The van der Waals surface area contributed by atoms with Crippen molar-refractivity contribution in [3.8, 4) is 0 Å². The number of carbonyl (C=O) groups is 1. The van der Waals surface area contributed by atoms with E-state index in [9.17, 15) is 18.0 Å². The van der Waals surface area contributed by atoms with E-state index in [-0.39, 0.29) is 28.7 Å². The molecule has 0 aliphatic carbocycles. The molecule has 1 fully saturated rings. The Morgan fingerprint density at radius 2 is 1.96 bits per heavy atom. The number of nitrogens with one attached hydrogen (secondary N) is 2. The predicted molar refractivity (Wildman–Crippen MR) is 83.1 cm³/mol. The van der Waals surface area contributed by atoms with Gasteiger partial charge in [0.1, 0.15) is 6.04 Å². The minimum absolute atomic E-state index is 0.0559. The Kier molecular flexibility index (Phi) is 6.13. The molecule has 1 heterocycles. The summed E-state index contributed by atoms with van der Waals surface area (Å²) in [5, 5.41) is 5.73. The lowest BCUT2D eigenvalue weighted by atomic mass is 10.1. The Morgan fingerprint density at radius 1 is 1.30 bits per heavy atom. The number of benzene rings is 1. The number of piperazine rings is 1. The SMILES string of the molecule is O=C(NCC(N1CCNCC1)C(F)(F)F)c1cc(Cl)ccc1Cl. The van der Waals surface area contributed by atoms with Crippen molar-refractivity contribution >= 4 is 29.1 Å². The molecule has 4 nitrogen and oxygen atoms in total. The van der Waals surface area contributed by atoms with Gasteiger partial charge in [0.2, 0.25) is 0 Å². The number of rotatable bonds is 4. The monoisotopic (exact) mass is 369 g/mol. The number of hydrogen-bond donors (Lipinski definition) is 2. The van der Waals surface area contributed by atoms with Gasteiger partial charge in [-0.1, -0.05) is 23.2 Å². The van der Waals surface area contributed by atoms with E-state index in [0.717, 1.165) is 0 Å². The molecule has 1 unspecified atom stereocenters. The summed E-state index contributed by atoms with van der Waals surface area (Å²) >= 11 is 11.7. The first-order chi connectivity index (χ1) is 10.8. The van der Waals surface area contributed by atoms with Crippen LogP contribution in [0.25, 0.3) is 0 Å². The van der Waals surface area contributed by atoms with Gasteiger partial charge < -0.3 is 10.6 Å². The van der Waals surface area contributed by atoms with Crippen molar-refractivity contribution < 1.29 is 18.0 Å². The van der Waals surface area contributed by atoms with Gasteiger partial charge in [0.15, 0.2) is 0 Å². The maximum Gasteiger partial charge on any atom is 0.405 e. The summed E-state index contributed by atoms with van der Waals surface area (Å²) in [6.07, 6.45) is -4.43. The smallest absolute Gasteiger partial charge is 0.350 e. The second-order valence-electron chi connectivity index (χ2n) is 5.18. The Labute approximate surface area is 141 Å². The summed E-state index contributed by atoms with van der Waals surface area (Å²) in [6, 6.07) is 2.52. The first-order valence-electron chi connectivity index (χ1n) is 7.04. The lowest BCUT2D eigenvalue weighted by Gasteiger charge is -2.35. The molecule has 1 aliphatic heterocycles. The van der Waals surface area contributed by atoms with Gasteiger partial charge in [0.05, 0.1) is 10.6 Å². The summed E-state index contributed by atoms with van der Waals surface area (Å²) in [5.41, 5.74) is 0.0559. The van der Waals surface area contributed by atoms with Crippen LogP contribution in [0.4, 0.5) is 13.2 Å². The fourth-order valence-corrected chi connectivity index (χ4v) is 2.78. The predicted octanol–water partition coefficient (Wildman–Crippen LogP) is 2.56. The van der Waals surface area contributed by atoms with Crippen molar-refractivity contribution in [3.63, 3.8) is 0 Å². The molecule has 2 N–H and O–H groups in total. The average Bonchev–Trinajstić information content (AvgIpc) is 2.49. The van der Waals surface area contributed by atoms with Crippen LogP contribution in [0.1, 0.15) is 10.4 Å². The largest absolute Gasteiger partial charge is 0.405 e. The van der Waals surface area contributed by atoms with Gasteiger partial charge in [-0.2, -0.15) is 13.2 Å². The quantitative estimate of drug-likeness (QED) is 0.857. The van der Waals surface area contributed by atoms with Crippen molar-refractivity contribution in [1.29, 1.82) is 0 Å². The Morgan fingerprint density at radius 3 is 2.57 bits per heavy atom. The molecule has 0 bridgehead atoms. The molecule has 128 valence electrons. The van der Waals surface area contributed by atoms with E-state index in [2.05, 4.69) is 10.6 Å². The molecule has 23 heavy (non-hydrogen) atoms. The minimum Gasteiger partial charge on any atom is -0.350 e. The zero-order valence-corrected chi connectivity index (χ0v) is 13.6. The first-order valence-corrected chi connectivity index (χ1v) is 7.79. The number of nitrogens with zero attached hydrogens (tertiary/aromatic N) is 1. The highest BCUT2D eigenvalue weighted by molar-refractivity contribution is 6.35. The number of alkyl halides is 3. The highest BCUT2D eigenvalue weighted by atomic mass is 35.5. The van der Waals surface area contributed by atoms with Crippen LogP contribution in [0.2, 0.25) is 10.0 Å². The highest BCUT2D eigenvalue weighted by Crippen LogP contribution is 2.25. The molecule has 9 heteroatoms. The zero-order valence-electron chi connectivity index (χ0n) is 12.1. The Bertz CT molecular complexity index is 563. The van der Waals surface area contributed by atoms with Crippen molar-refractivity contribution in [2.24, 2.45) is 0 Å². The zero-order chi connectivity index (χ0) is 17.0. The van der Waals surface area contributed by atoms with Crippen LogP contribution >= 0.6 is 23.2 Å². The molecular weight excluding hydrogens is 354 g/mol. The first kappa shape index (κ1) is 18.3. The number of carbonyl (C=O) groups excluding carboxylic acids is 1. The molecule has 0 saturated carbocycles. The van der Waals surface area contributed by atoms with E-state index in [0.29, 0.717) is 13.1 Å². The van der Waals surface area contributed by atoms with Crippen LogP contribution < -0.4 is 10.6 Å².